The third-order valence-electron chi connectivity index (χ3n) is 4.69. The standard InChI is InChI=1S/C17H20N2O4/c20-14(18-11-17(8-9-17)16(22)23)7-10-19-13-4-2-1-3-12(13)5-6-15(19)21/h1-4H,5-11H2,(H,18,20)(H,22,23). The predicted octanol–water partition coefficient (Wildman–Crippen LogP) is 1.34. The van der Waals surface area contributed by atoms with Gasteiger partial charge in [0, 0.05) is 31.6 Å². The number of carboxylic acids is 1. The van der Waals surface area contributed by atoms with E-state index in [0.29, 0.717) is 25.8 Å². The molecule has 0 saturated heterocycles. The van der Waals surface area contributed by atoms with Crippen LogP contribution in [0.15, 0.2) is 24.3 Å². The van der Waals surface area contributed by atoms with Crippen LogP contribution in [0.5, 0.6) is 0 Å². The molecule has 0 unspecified atom stereocenters. The molecule has 1 saturated carbocycles. The average Bonchev–Trinajstić information content (AvgIpc) is 3.33. The maximum Gasteiger partial charge on any atom is 0.311 e. The number of hydrogen-bond donors (Lipinski definition) is 2. The summed E-state index contributed by atoms with van der Waals surface area (Å²) >= 11 is 0. The minimum absolute atomic E-state index is 0.0284. The molecule has 1 aromatic rings. The molecule has 0 atom stereocenters. The molecule has 1 aliphatic heterocycles. The molecule has 0 aromatic heterocycles. The number of amides is 2. The van der Waals surface area contributed by atoms with Gasteiger partial charge >= 0.3 is 5.97 Å². The van der Waals surface area contributed by atoms with E-state index in [9.17, 15) is 14.4 Å². The summed E-state index contributed by atoms with van der Waals surface area (Å²) in [4.78, 5) is 36.8. The summed E-state index contributed by atoms with van der Waals surface area (Å²) < 4.78 is 0. The third kappa shape index (κ3) is 3.21. The normalized spacial score (nSPS) is 18.3. The number of hydrogen-bond acceptors (Lipinski definition) is 3. The van der Waals surface area contributed by atoms with Crippen LogP contribution in [-0.2, 0) is 20.8 Å². The fourth-order valence-electron chi connectivity index (χ4n) is 2.93. The molecule has 0 radical (unpaired) electrons. The Balaban J connectivity index is 1.55. The van der Waals surface area contributed by atoms with Gasteiger partial charge in [-0.2, -0.15) is 0 Å². The molecular weight excluding hydrogens is 296 g/mol. The molecule has 0 bridgehead atoms. The van der Waals surface area contributed by atoms with Crippen LogP contribution in [0.4, 0.5) is 5.69 Å². The van der Waals surface area contributed by atoms with Gasteiger partial charge in [0.2, 0.25) is 11.8 Å². The maximum absolute atomic E-state index is 12.1. The van der Waals surface area contributed by atoms with Crippen molar-refractivity contribution in [1.82, 2.24) is 5.32 Å². The second-order valence-corrected chi connectivity index (χ2v) is 6.29. The van der Waals surface area contributed by atoms with Crippen LogP contribution in [-0.4, -0.2) is 36.0 Å². The number of nitrogens with one attached hydrogen (secondary N) is 1. The van der Waals surface area contributed by atoms with E-state index in [4.69, 9.17) is 5.11 Å². The molecule has 0 spiro atoms. The largest absolute Gasteiger partial charge is 0.481 e. The van der Waals surface area contributed by atoms with Crippen molar-refractivity contribution < 1.29 is 19.5 Å². The van der Waals surface area contributed by atoms with Crippen LogP contribution < -0.4 is 10.2 Å². The molecule has 1 fully saturated rings. The van der Waals surface area contributed by atoms with Gasteiger partial charge in [-0.15, -0.1) is 0 Å². The fraction of sp³-hybridized carbons (Fsp3) is 0.471. The number of nitrogens with zero attached hydrogens (tertiary/aromatic N) is 1. The summed E-state index contributed by atoms with van der Waals surface area (Å²) in [7, 11) is 0. The molecule has 6 heteroatoms. The van der Waals surface area contributed by atoms with Gasteiger partial charge in [0.05, 0.1) is 5.41 Å². The van der Waals surface area contributed by atoms with Crippen molar-refractivity contribution in [3.8, 4) is 0 Å². The van der Waals surface area contributed by atoms with Gasteiger partial charge < -0.3 is 15.3 Å². The lowest BCUT2D eigenvalue weighted by atomic mass is 10.0. The van der Waals surface area contributed by atoms with Crippen molar-refractivity contribution in [3.05, 3.63) is 29.8 Å². The SMILES string of the molecule is O=C(CCN1C(=O)CCc2ccccc21)NCC1(C(=O)O)CC1. The predicted molar refractivity (Wildman–Crippen MR) is 84.0 cm³/mol. The van der Waals surface area contributed by atoms with Crippen molar-refractivity contribution >= 4 is 23.5 Å². The van der Waals surface area contributed by atoms with E-state index in [1.807, 2.05) is 24.3 Å². The van der Waals surface area contributed by atoms with Crippen molar-refractivity contribution in [2.75, 3.05) is 18.0 Å². The highest BCUT2D eigenvalue weighted by Crippen LogP contribution is 2.45. The number of carbonyl (C=O) groups excluding carboxylic acids is 2. The van der Waals surface area contributed by atoms with Gasteiger partial charge in [-0.3, -0.25) is 14.4 Å². The highest BCUT2D eigenvalue weighted by Gasteiger charge is 2.50. The minimum atomic E-state index is -0.849. The number of fused-ring (bicyclic) bond motifs is 1. The van der Waals surface area contributed by atoms with Gasteiger partial charge in [-0.05, 0) is 30.9 Å². The monoisotopic (exact) mass is 316 g/mol. The van der Waals surface area contributed by atoms with Crippen LogP contribution in [0, 0.1) is 5.41 Å². The Hall–Kier alpha value is -2.37. The molecule has 6 nitrogen and oxygen atoms in total. The van der Waals surface area contributed by atoms with E-state index >= 15 is 0 Å². The van der Waals surface area contributed by atoms with Gasteiger partial charge in [0.15, 0.2) is 0 Å². The lowest BCUT2D eigenvalue weighted by Crippen LogP contribution is -2.39. The smallest absolute Gasteiger partial charge is 0.311 e. The van der Waals surface area contributed by atoms with Gasteiger partial charge in [-0.25, -0.2) is 0 Å². The Morgan fingerprint density at radius 1 is 1.22 bits per heavy atom. The van der Waals surface area contributed by atoms with E-state index in [2.05, 4.69) is 5.32 Å². The molecule has 2 N–H and O–H groups in total. The number of aliphatic carboxylic acids is 1. The molecule has 122 valence electrons. The Morgan fingerprint density at radius 2 is 1.96 bits per heavy atom. The van der Waals surface area contributed by atoms with Crippen molar-refractivity contribution in [2.45, 2.75) is 32.1 Å². The molecule has 23 heavy (non-hydrogen) atoms. The maximum atomic E-state index is 12.1. The van der Waals surface area contributed by atoms with Gasteiger partial charge in [0.25, 0.3) is 0 Å². The third-order valence-corrected chi connectivity index (χ3v) is 4.69. The summed E-state index contributed by atoms with van der Waals surface area (Å²) in [5, 5.41) is 11.8. The zero-order chi connectivity index (χ0) is 16.4. The molecular formula is C17H20N2O4. The summed E-state index contributed by atoms with van der Waals surface area (Å²) in [6, 6.07) is 7.72. The highest BCUT2D eigenvalue weighted by molar-refractivity contribution is 5.97. The summed E-state index contributed by atoms with van der Waals surface area (Å²) in [6.45, 7) is 0.494. The Labute approximate surface area is 134 Å². The molecule has 1 aliphatic carbocycles. The Kier molecular flexibility index (Phi) is 4.07. The number of carboxylic acid groups (broad SMARTS) is 1. The molecule has 1 aromatic carbocycles. The summed E-state index contributed by atoms with van der Waals surface area (Å²) in [5.41, 5.74) is 1.24. The lowest BCUT2D eigenvalue weighted by molar-refractivity contribution is -0.143. The second-order valence-electron chi connectivity index (χ2n) is 6.29. The number of benzene rings is 1. The average molecular weight is 316 g/mol. The van der Waals surface area contributed by atoms with E-state index in [-0.39, 0.29) is 24.8 Å². The van der Waals surface area contributed by atoms with Crippen molar-refractivity contribution in [2.24, 2.45) is 5.41 Å². The van der Waals surface area contributed by atoms with Crippen molar-refractivity contribution in [1.29, 1.82) is 0 Å². The van der Waals surface area contributed by atoms with E-state index in [1.165, 1.54) is 0 Å². The first-order valence-corrected chi connectivity index (χ1v) is 7.90. The number of rotatable bonds is 6. The number of anilines is 1. The van der Waals surface area contributed by atoms with Crippen LogP contribution >= 0.6 is 0 Å². The van der Waals surface area contributed by atoms with E-state index < -0.39 is 11.4 Å². The summed E-state index contributed by atoms with van der Waals surface area (Å²) in [6.07, 6.45) is 2.59. The topological polar surface area (TPSA) is 86.7 Å². The zero-order valence-corrected chi connectivity index (χ0v) is 12.9. The first-order chi connectivity index (χ1) is 11.0. The first-order valence-electron chi connectivity index (χ1n) is 7.90. The Morgan fingerprint density at radius 3 is 2.65 bits per heavy atom. The zero-order valence-electron chi connectivity index (χ0n) is 12.9. The lowest BCUT2D eigenvalue weighted by Gasteiger charge is -2.29. The van der Waals surface area contributed by atoms with Crippen molar-refractivity contribution in [3.63, 3.8) is 0 Å². The minimum Gasteiger partial charge on any atom is -0.481 e. The number of aryl methyl sites for hydroxylation is 1. The van der Waals surface area contributed by atoms with E-state index in [1.54, 1.807) is 4.90 Å². The van der Waals surface area contributed by atoms with Gasteiger partial charge in [0.1, 0.15) is 0 Å². The van der Waals surface area contributed by atoms with Gasteiger partial charge in [-0.1, -0.05) is 18.2 Å². The molecule has 3 rings (SSSR count). The molecule has 2 amide bonds. The second kappa shape index (κ2) is 6.02. The highest BCUT2D eigenvalue weighted by atomic mass is 16.4. The Bertz CT molecular complexity index is 652. The van der Waals surface area contributed by atoms with Crippen LogP contribution in [0.3, 0.4) is 0 Å². The first kappa shape index (κ1) is 15.5. The number of carbonyl (C=O) groups is 3. The van der Waals surface area contributed by atoms with Crippen LogP contribution in [0.1, 0.15) is 31.2 Å². The molecule has 2 aliphatic rings. The number of para-hydroxylation sites is 1. The fourth-order valence-corrected chi connectivity index (χ4v) is 2.93. The quantitative estimate of drug-likeness (QED) is 0.829. The van der Waals surface area contributed by atoms with Crippen LogP contribution in [0.2, 0.25) is 0 Å². The molecule has 1 heterocycles. The summed E-state index contributed by atoms with van der Waals surface area (Å²) in [5.74, 6) is -1.04. The van der Waals surface area contributed by atoms with Crippen LogP contribution in [0.25, 0.3) is 0 Å². The van der Waals surface area contributed by atoms with E-state index in [0.717, 1.165) is 17.7 Å².